The van der Waals surface area contributed by atoms with E-state index in [1.54, 1.807) is 10.7 Å². The zero-order valence-corrected chi connectivity index (χ0v) is 14.3. The van der Waals surface area contributed by atoms with Crippen molar-refractivity contribution in [1.29, 1.82) is 0 Å². The first-order chi connectivity index (χ1) is 12.1. The normalized spacial score (nSPS) is 10.7. The largest absolute Gasteiger partial charge is 0.465 e. The van der Waals surface area contributed by atoms with Gasteiger partial charge in [0, 0.05) is 11.8 Å². The number of methoxy groups -OCH3 is 1. The summed E-state index contributed by atoms with van der Waals surface area (Å²) in [4.78, 5) is 20.5. The molecule has 0 unspecified atom stereocenters. The minimum absolute atomic E-state index is 0.0668. The first-order valence-corrected chi connectivity index (χ1v) is 7.91. The van der Waals surface area contributed by atoms with Gasteiger partial charge < -0.3 is 10.1 Å². The zero-order chi connectivity index (χ0) is 17.8. The van der Waals surface area contributed by atoms with Crippen LogP contribution in [0.4, 0.5) is 11.5 Å². The Morgan fingerprint density at radius 1 is 1.20 bits per heavy atom. The SMILES string of the molecule is COC(=O)c1cnn(-c2cc(Nc3ccccc3)ncn2)c1C(C)C. The Morgan fingerprint density at radius 2 is 1.96 bits per heavy atom. The summed E-state index contributed by atoms with van der Waals surface area (Å²) in [6.07, 6.45) is 2.97. The van der Waals surface area contributed by atoms with Crippen molar-refractivity contribution in [3.63, 3.8) is 0 Å². The maximum Gasteiger partial charge on any atom is 0.341 e. The van der Waals surface area contributed by atoms with Gasteiger partial charge in [0.25, 0.3) is 0 Å². The van der Waals surface area contributed by atoms with Crippen molar-refractivity contribution in [3.8, 4) is 5.82 Å². The van der Waals surface area contributed by atoms with Crippen LogP contribution >= 0.6 is 0 Å². The Labute approximate surface area is 145 Å². The van der Waals surface area contributed by atoms with E-state index in [-0.39, 0.29) is 5.92 Å². The summed E-state index contributed by atoms with van der Waals surface area (Å²) < 4.78 is 6.49. The molecule has 0 saturated carbocycles. The van der Waals surface area contributed by atoms with E-state index in [9.17, 15) is 4.79 Å². The van der Waals surface area contributed by atoms with Crippen LogP contribution in [0.25, 0.3) is 5.82 Å². The van der Waals surface area contributed by atoms with E-state index in [2.05, 4.69) is 20.4 Å². The quantitative estimate of drug-likeness (QED) is 0.719. The number of hydrogen-bond acceptors (Lipinski definition) is 6. The third-order valence-electron chi connectivity index (χ3n) is 3.67. The molecule has 0 saturated heterocycles. The predicted molar refractivity (Wildman–Crippen MR) is 94.3 cm³/mol. The summed E-state index contributed by atoms with van der Waals surface area (Å²) in [6.45, 7) is 3.98. The Morgan fingerprint density at radius 3 is 2.64 bits per heavy atom. The second-order valence-electron chi connectivity index (χ2n) is 5.75. The van der Waals surface area contributed by atoms with Crippen LogP contribution < -0.4 is 5.32 Å². The lowest BCUT2D eigenvalue weighted by Crippen LogP contribution is -2.11. The molecule has 7 nitrogen and oxygen atoms in total. The molecule has 1 N–H and O–H groups in total. The van der Waals surface area contributed by atoms with Gasteiger partial charge in [0.2, 0.25) is 0 Å². The van der Waals surface area contributed by atoms with Crippen LogP contribution in [0.15, 0.2) is 48.9 Å². The maximum absolute atomic E-state index is 12.0. The Kier molecular flexibility index (Phi) is 4.74. The molecule has 0 amide bonds. The molecule has 7 heteroatoms. The van der Waals surface area contributed by atoms with E-state index in [1.165, 1.54) is 19.6 Å². The highest BCUT2D eigenvalue weighted by atomic mass is 16.5. The van der Waals surface area contributed by atoms with Gasteiger partial charge in [-0.2, -0.15) is 5.10 Å². The van der Waals surface area contributed by atoms with Crippen molar-refractivity contribution in [2.24, 2.45) is 0 Å². The van der Waals surface area contributed by atoms with Crippen LogP contribution in [0.1, 0.15) is 35.8 Å². The number of esters is 1. The topological polar surface area (TPSA) is 81.9 Å². The van der Waals surface area contributed by atoms with Gasteiger partial charge in [-0.1, -0.05) is 32.0 Å². The minimum Gasteiger partial charge on any atom is -0.465 e. The van der Waals surface area contributed by atoms with E-state index >= 15 is 0 Å². The molecule has 3 aromatic rings. The minimum atomic E-state index is -0.411. The molecule has 0 aliphatic carbocycles. The smallest absolute Gasteiger partial charge is 0.341 e. The Balaban J connectivity index is 1.98. The number of benzene rings is 1. The third kappa shape index (κ3) is 3.50. The standard InChI is InChI=1S/C18H19N5O2/c1-12(2)17-14(18(24)25-3)10-21-23(17)16-9-15(19-11-20-16)22-13-7-5-4-6-8-13/h4-12H,1-3H3,(H,19,20,22). The van der Waals surface area contributed by atoms with Crippen molar-refractivity contribution in [2.75, 3.05) is 12.4 Å². The van der Waals surface area contributed by atoms with Gasteiger partial charge in [-0.25, -0.2) is 19.4 Å². The van der Waals surface area contributed by atoms with Crippen LogP contribution in [-0.2, 0) is 4.74 Å². The van der Waals surface area contributed by atoms with Crippen LogP contribution in [-0.4, -0.2) is 32.8 Å². The zero-order valence-electron chi connectivity index (χ0n) is 14.3. The third-order valence-corrected chi connectivity index (χ3v) is 3.67. The van der Waals surface area contributed by atoms with E-state index in [1.807, 2.05) is 44.2 Å². The van der Waals surface area contributed by atoms with E-state index in [0.717, 1.165) is 11.4 Å². The number of nitrogens with one attached hydrogen (secondary N) is 1. The number of anilines is 2. The molecule has 2 aromatic heterocycles. The number of carbonyl (C=O) groups excluding carboxylic acids is 1. The second kappa shape index (κ2) is 7.12. The fourth-order valence-corrected chi connectivity index (χ4v) is 2.56. The molecule has 0 spiro atoms. The average molecular weight is 337 g/mol. The molecule has 0 fully saturated rings. The molecule has 0 atom stereocenters. The Hall–Kier alpha value is -3.22. The van der Waals surface area contributed by atoms with Gasteiger partial charge in [-0.3, -0.25) is 0 Å². The lowest BCUT2D eigenvalue weighted by atomic mass is 10.1. The van der Waals surface area contributed by atoms with Crippen LogP contribution in [0.5, 0.6) is 0 Å². The molecule has 1 aromatic carbocycles. The van der Waals surface area contributed by atoms with Gasteiger partial charge in [0.15, 0.2) is 5.82 Å². The fourth-order valence-electron chi connectivity index (χ4n) is 2.56. The monoisotopic (exact) mass is 337 g/mol. The highest BCUT2D eigenvalue weighted by molar-refractivity contribution is 5.90. The summed E-state index contributed by atoms with van der Waals surface area (Å²) in [6, 6.07) is 11.5. The molecule has 25 heavy (non-hydrogen) atoms. The van der Waals surface area contributed by atoms with Crippen LogP contribution in [0, 0.1) is 0 Å². The predicted octanol–water partition coefficient (Wildman–Crippen LogP) is 3.32. The summed E-state index contributed by atoms with van der Waals surface area (Å²) in [5, 5.41) is 7.54. The summed E-state index contributed by atoms with van der Waals surface area (Å²) in [5.41, 5.74) is 2.11. The molecule has 0 radical (unpaired) electrons. The molecule has 0 aliphatic heterocycles. The van der Waals surface area contributed by atoms with Gasteiger partial charge in [0.05, 0.1) is 19.0 Å². The van der Waals surface area contributed by atoms with E-state index in [4.69, 9.17) is 4.74 Å². The number of hydrogen-bond donors (Lipinski definition) is 1. The van der Waals surface area contributed by atoms with Gasteiger partial charge >= 0.3 is 5.97 Å². The van der Waals surface area contributed by atoms with Crippen LogP contribution in [0.2, 0.25) is 0 Å². The molecule has 0 aliphatic rings. The van der Waals surface area contributed by atoms with Crippen LogP contribution in [0.3, 0.4) is 0 Å². The fraction of sp³-hybridized carbons (Fsp3) is 0.222. The molecule has 3 rings (SSSR count). The van der Waals surface area contributed by atoms with Crippen molar-refractivity contribution >= 4 is 17.5 Å². The lowest BCUT2D eigenvalue weighted by Gasteiger charge is -2.12. The molecule has 0 bridgehead atoms. The van der Waals surface area contributed by atoms with Crippen molar-refractivity contribution in [3.05, 3.63) is 60.2 Å². The highest BCUT2D eigenvalue weighted by Crippen LogP contribution is 2.24. The van der Waals surface area contributed by atoms with Gasteiger partial charge in [-0.05, 0) is 18.1 Å². The highest BCUT2D eigenvalue weighted by Gasteiger charge is 2.22. The van der Waals surface area contributed by atoms with Gasteiger partial charge in [0.1, 0.15) is 17.7 Å². The number of nitrogens with zero attached hydrogens (tertiary/aromatic N) is 4. The maximum atomic E-state index is 12.0. The number of rotatable bonds is 5. The second-order valence-corrected chi connectivity index (χ2v) is 5.75. The average Bonchev–Trinajstić information content (AvgIpc) is 3.07. The summed E-state index contributed by atoms with van der Waals surface area (Å²) >= 11 is 0. The summed E-state index contributed by atoms with van der Waals surface area (Å²) in [5.74, 6) is 0.872. The number of carbonyl (C=O) groups is 1. The first-order valence-electron chi connectivity index (χ1n) is 7.91. The number of ether oxygens (including phenoxy) is 1. The number of para-hydroxylation sites is 1. The van der Waals surface area contributed by atoms with Crippen molar-refractivity contribution in [1.82, 2.24) is 19.7 Å². The van der Waals surface area contributed by atoms with E-state index < -0.39 is 5.97 Å². The molecular weight excluding hydrogens is 318 g/mol. The molecule has 2 heterocycles. The van der Waals surface area contributed by atoms with Crippen molar-refractivity contribution < 1.29 is 9.53 Å². The van der Waals surface area contributed by atoms with E-state index in [0.29, 0.717) is 17.2 Å². The molecule has 128 valence electrons. The molecular formula is C18H19N5O2. The summed E-state index contributed by atoms with van der Waals surface area (Å²) in [7, 11) is 1.36. The van der Waals surface area contributed by atoms with Crippen molar-refractivity contribution in [2.45, 2.75) is 19.8 Å². The first kappa shape index (κ1) is 16.6. The lowest BCUT2D eigenvalue weighted by molar-refractivity contribution is 0.0599. The van der Waals surface area contributed by atoms with Gasteiger partial charge in [-0.15, -0.1) is 0 Å². The number of aromatic nitrogens is 4. The Bertz CT molecular complexity index is 874.